The molecule has 0 atom stereocenters. The average molecular weight is 309 g/mol. The third-order valence-electron chi connectivity index (χ3n) is 2.85. The Balaban J connectivity index is 1.97. The lowest BCUT2D eigenvalue weighted by atomic mass is 10.2. The molecule has 0 radical (unpaired) electrons. The van der Waals surface area contributed by atoms with Gasteiger partial charge in [0.2, 0.25) is 0 Å². The number of halogens is 2. The van der Waals surface area contributed by atoms with Crippen LogP contribution in [-0.4, -0.2) is 15.7 Å². The third-order valence-corrected chi connectivity index (χ3v) is 3.30. The maximum absolute atomic E-state index is 13.0. The number of carbonyl (C=O) groups excluding carboxylic acids is 1. The molecule has 0 spiro atoms. The lowest BCUT2D eigenvalue weighted by molar-refractivity contribution is -0.138. The normalized spacial score (nSPS) is 11.0. The lowest BCUT2D eigenvalue weighted by Gasteiger charge is -2.02. The van der Waals surface area contributed by atoms with Crippen LogP contribution >= 0.6 is 11.6 Å². The lowest BCUT2D eigenvalue weighted by Crippen LogP contribution is -2.01. The van der Waals surface area contributed by atoms with E-state index in [1.165, 1.54) is 22.9 Å². The highest BCUT2D eigenvalue weighted by Gasteiger charge is 2.08. The van der Waals surface area contributed by atoms with E-state index in [1.54, 1.807) is 32.2 Å². The molecule has 0 N–H and O–H groups in total. The molecule has 0 amide bonds. The molecule has 0 saturated heterocycles. The Morgan fingerprint density at radius 3 is 2.90 bits per heavy atom. The van der Waals surface area contributed by atoms with Gasteiger partial charge in [0.05, 0.1) is 5.69 Å². The fraction of sp³-hybridized carbons (Fsp3) is 0.200. The summed E-state index contributed by atoms with van der Waals surface area (Å²) >= 11 is 6.04. The summed E-state index contributed by atoms with van der Waals surface area (Å²) in [5.74, 6) is -0.893. The van der Waals surface area contributed by atoms with Crippen molar-refractivity contribution >= 4 is 23.6 Å². The SMILES string of the molecule is Cc1nn(C)c(Cl)c1/C=C/C(=O)OCc1cccc(F)c1. The first-order chi connectivity index (χ1) is 9.97. The zero-order chi connectivity index (χ0) is 15.4. The van der Waals surface area contributed by atoms with Crippen molar-refractivity contribution in [3.8, 4) is 0 Å². The first-order valence-corrected chi connectivity index (χ1v) is 6.63. The van der Waals surface area contributed by atoms with Crippen molar-refractivity contribution in [2.75, 3.05) is 0 Å². The summed E-state index contributed by atoms with van der Waals surface area (Å²) in [6.07, 6.45) is 2.83. The van der Waals surface area contributed by atoms with Crippen molar-refractivity contribution in [3.05, 3.63) is 58.1 Å². The molecule has 2 aromatic rings. The van der Waals surface area contributed by atoms with E-state index in [0.29, 0.717) is 16.3 Å². The summed E-state index contributed by atoms with van der Waals surface area (Å²) in [5, 5.41) is 4.58. The second kappa shape index (κ2) is 6.54. The van der Waals surface area contributed by atoms with Crippen LogP contribution in [0.15, 0.2) is 30.3 Å². The van der Waals surface area contributed by atoms with E-state index in [9.17, 15) is 9.18 Å². The van der Waals surface area contributed by atoms with Crippen LogP contribution in [0.5, 0.6) is 0 Å². The highest BCUT2D eigenvalue weighted by atomic mass is 35.5. The number of aryl methyl sites for hydroxylation is 2. The fourth-order valence-electron chi connectivity index (χ4n) is 1.82. The van der Waals surface area contributed by atoms with Crippen LogP contribution in [0.1, 0.15) is 16.8 Å². The van der Waals surface area contributed by atoms with E-state index >= 15 is 0 Å². The van der Waals surface area contributed by atoms with Crippen LogP contribution in [0, 0.1) is 12.7 Å². The standard InChI is InChI=1S/C15H14ClFN2O2/c1-10-13(15(16)19(2)18-10)6-7-14(20)21-9-11-4-3-5-12(17)8-11/h3-8H,9H2,1-2H3/b7-6+. The van der Waals surface area contributed by atoms with Gasteiger partial charge in [0.15, 0.2) is 0 Å². The summed E-state index contributed by atoms with van der Waals surface area (Å²) in [4.78, 5) is 11.6. The molecule has 110 valence electrons. The monoisotopic (exact) mass is 308 g/mol. The third kappa shape index (κ3) is 3.92. The second-order valence-corrected chi connectivity index (χ2v) is 4.84. The molecule has 2 rings (SSSR count). The van der Waals surface area contributed by atoms with Crippen molar-refractivity contribution in [3.63, 3.8) is 0 Å². The predicted molar refractivity (Wildman–Crippen MR) is 78.2 cm³/mol. The second-order valence-electron chi connectivity index (χ2n) is 4.48. The molecule has 0 unspecified atom stereocenters. The Hall–Kier alpha value is -2.14. The van der Waals surface area contributed by atoms with Crippen molar-refractivity contribution in [2.45, 2.75) is 13.5 Å². The first kappa shape index (κ1) is 15.3. The first-order valence-electron chi connectivity index (χ1n) is 6.25. The molecule has 6 heteroatoms. The molecule has 1 aromatic heterocycles. The Kier molecular flexibility index (Phi) is 4.75. The van der Waals surface area contributed by atoms with Crippen LogP contribution in [0.25, 0.3) is 6.08 Å². The number of nitrogens with zero attached hydrogens (tertiary/aromatic N) is 2. The molecule has 0 fully saturated rings. The molecule has 0 aliphatic rings. The van der Waals surface area contributed by atoms with Crippen LogP contribution in [0.4, 0.5) is 4.39 Å². The molecule has 0 aliphatic carbocycles. The van der Waals surface area contributed by atoms with Gasteiger partial charge in [-0.2, -0.15) is 5.10 Å². The molecule has 4 nitrogen and oxygen atoms in total. The number of esters is 1. The number of rotatable bonds is 4. The molecular formula is C15H14ClFN2O2. The van der Waals surface area contributed by atoms with E-state index in [0.717, 1.165) is 5.69 Å². The predicted octanol–water partition coefficient (Wildman–Crippen LogP) is 3.28. The Morgan fingerprint density at radius 1 is 1.52 bits per heavy atom. The minimum absolute atomic E-state index is 0.0146. The van der Waals surface area contributed by atoms with Crippen molar-refractivity contribution < 1.29 is 13.9 Å². The summed E-state index contributed by atoms with van der Waals surface area (Å²) in [6.45, 7) is 1.81. The highest BCUT2D eigenvalue weighted by Crippen LogP contribution is 2.20. The highest BCUT2D eigenvalue weighted by molar-refractivity contribution is 6.31. The fourth-order valence-corrected chi connectivity index (χ4v) is 2.05. The minimum atomic E-state index is -0.529. The quantitative estimate of drug-likeness (QED) is 0.643. The van der Waals surface area contributed by atoms with Gasteiger partial charge in [0.1, 0.15) is 17.6 Å². The van der Waals surface area contributed by atoms with Gasteiger partial charge >= 0.3 is 5.97 Å². The van der Waals surface area contributed by atoms with Gasteiger partial charge in [-0.3, -0.25) is 4.68 Å². The molecule has 1 heterocycles. The van der Waals surface area contributed by atoms with Gasteiger partial charge < -0.3 is 4.74 Å². The molecule has 0 saturated carbocycles. The average Bonchev–Trinajstić information content (AvgIpc) is 2.68. The topological polar surface area (TPSA) is 44.1 Å². The summed E-state index contributed by atoms with van der Waals surface area (Å²) in [5.41, 5.74) is 1.98. The van der Waals surface area contributed by atoms with E-state index in [2.05, 4.69) is 5.10 Å². The molecule has 21 heavy (non-hydrogen) atoms. The van der Waals surface area contributed by atoms with Crippen LogP contribution in [0.2, 0.25) is 5.15 Å². The van der Waals surface area contributed by atoms with E-state index in [4.69, 9.17) is 16.3 Å². The zero-order valence-corrected chi connectivity index (χ0v) is 12.4. The van der Waals surface area contributed by atoms with Gasteiger partial charge in [0, 0.05) is 18.7 Å². The number of ether oxygens (including phenoxy) is 1. The maximum Gasteiger partial charge on any atom is 0.331 e. The number of hydrogen-bond acceptors (Lipinski definition) is 3. The number of carbonyl (C=O) groups is 1. The van der Waals surface area contributed by atoms with Gasteiger partial charge in [-0.25, -0.2) is 9.18 Å². The Labute approximate surface area is 126 Å². The number of aromatic nitrogens is 2. The Bertz CT molecular complexity index is 695. The summed E-state index contributed by atoms with van der Waals surface area (Å²) in [7, 11) is 1.72. The molecular weight excluding hydrogens is 295 g/mol. The number of hydrogen-bond donors (Lipinski definition) is 0. The van der Waals surface area contributed by atoms with E-state index in [1.807, 2.05) is 0 Å². The zero-order valence-electron chi connectivity index (χ0n) is 11.6. The smallest absolute Gasteiger partial charge is 0.331 e. The minimum Gasteiger partial charge on any atom is -0.458 e. The van der Waals surface area contributed by atoms with Crippen molar-refractivity contribution in [2.24, 2.45) is 7.05 Å². The summed E-state index contributed by atoms with van der Waals surface area (Å²) in [6, 6.07) is 5.90. The van der Waals surface area contributed by atoms with Gasteiger partial charge in [-0.05, 0) is 30.7 Å². The van der Waals surface area contributed by atoms with Crippen LogP contribution in [0.3, 0.4) is 0 Å². The number of benzene rings is 1. The maximum atomic E-state index is 13.0. The largest absolute Gasteiger partial charge is 0.458 e. The van der Waals surface area contributed by atoms with Gasteiger partial charge in [-0.1, -0.05) is 23.7 Å². The van der Waals surface area contributed by atoms with Gasteiger partial charge in [0.25, 0.3) is 0 Å². The van der Waals surface area contributed by atoms with Crippen LogP contribution in [-0.2, 0) is 23.2 Å². The van der Waals surface area contributed by atoms with Crippen molar-refractivity contribution in [1.29, 1.82) is 0 Å². The Morgan fingerprint density at radius 2 is 2.29 bits per heavy atom. The van der Waals surface area contributed by atoms with E-state index < -0.39 is 5.97 Å². The summed E-state index contributed by atoms with van der Waals surface area (Å²) < 4.78 is 19.5. The molecule has 0 aliphatic heterocycles. The van der Waals surface area contributed by atoms with Crippen molar-refractivity contribution in [1.82, 2.24) is 9.78 Å². The van der Waals surface area contributed by atoms with Crippen LogP contribution < -0.4 is 0 Å². The van der Waals surface area contributed by atoms with Gasteiger partial charge in [-0.15, -0.1) is 0 Å². The molecule has 1 aromatic carbocycles. The molecule has 0 bridgehead atoms. The van der Waals surface area contributed by atoms with E-state index in [-0.39, 0.29) is 12.4 Å².